The minimum absolute atomic E-state index is 0.135. The molecule has 1 saturated heterocycles. The number of amides is 1. The quantitative estimate of drug-likeness (QED) is 0.808. The Morgan fingerprint density at radius 3 is 2.70 bits per heavy atom. The molecule has 1 N–H and O–H groups in total. The Morgan fingerprint density at radius 1 is 1.35 bits per heavy atom. The summed E-state index contributed by atoms with van der Waals surface area (Å²) in [6.07, 6.45) is 2.27. The van der Waals surface area contributed by atoms with Crippen LogP contribution >= 0.6 is 11.6 Å². The van der Waals surface area contributed by atoms with Gasteiger partial charge in [0.15, 0.2) is 0 Å². The zero-order chi connectivity index (χ0) is 16.8. The third kappa shape index (κ3) is 5.40. The highest BCUT2D eigenvalue weighted by atomic mass is 35.5. The summed E-state index contributed by atoms with van der Waals surface area (Å²) in [7, 11) is 1.55. The average Bonchev–Trinajstić information content (AvgIpc) is 2.50. The smallest absolute Gasteiger partial charge is 0.255 e. The molecule has 1 aromatic rings. The van der Waals surface area contributed by atoms with Gasteiger partial charge in [-0.05, 0) is 49.4 Å². The largest absolute Gasteiger partial charge is 0.496 e. The van der Waals surface area contributed by atoms with Gasteiger partial charge in [0.25, 0.3) is 5.91 Å². The molecule has 2 rings (SSSR count). The molecule has 0 aliphatic carbocycles. The number of ether oxygens (including phenoxy) is 1. The van der Waals surface area contributed by atoms with Gasteiger partial charge in [0, 0.05) is 24.7 Å². The zero-order valence-electron chi connectivity index (χ0n) is 14.3. The normalized spacial score (nSPS) is 21.9. The Labute approximate surface area is 144 Å². The Morgan fingerprint density at radius 2 is 2.04 bits per heavy atom. The number of piperidine rings is 1. The second-order valence-corrected chi connectivity index (χ2v) is 7.10. The summed E-state index contributed by atoms with van der Waals surface area (Å²) in [5, 5.41) is 3.49. The number of carbonyl (C=O) groups is 1. The highest BCUT2D eigenvalue weighted by Crippen LogP contribution is 2.23. The van der Waals surface area contributed by atoms with Crippen LogP contribution in [0.25, 0.3) is 0 Å². The fraction of sp³-hybridized carbons (Fsp3) is 0.611. The molecule has 1 fully saturated rings. The summed E-state index contributed by atoms with van der Waals surface area (Å²) in [6, 6.07) is 5.08. The highest BCUT2D eigenvalue weighted by Gasteiger charge is 2.21. The van der Waals surface area contributed by atoms with Crippen LogP contribution in [-0.2, 0) is 0 Å². The van der Waals surface area contributed by atoms with Crippen LogP contribution in [0.4, 0.5) is 0 Å². The summed E-state index contributed by atoms with van der Waals surface area (Å²) >= 11 is 5.97. The fourth-order valence-electron chi connectivity index (χ4n) is 3.43. The van der Waals surface area contributed by atoms with Crippen LogP contribution in [0.1, 0.15) is 37.0 Å². The predicted octanol–water partition coefficient (Wildman–Crippen LogP) is 3.45. The number of hydrogen-bond acceptors (Lipinski definition) is 3. The van der Waals surface area contributed by atoms with Crippen molar-refractivity contribution in [3.8, 4) is 5.75 Å². The van der Waals surface area contributed by atoms with E-state index in [1.54, 1.807) is 25.3 Å². The Balaban J connectivity index is 1.78. The van der Waals surface area contributed by atoms with E-state index in [-0.39, 0.29) is 5.91 Å². The number of likely N-dealkylation sites (tertiary alicyclic amines) is 1. The first-order valence-electron chi connectivity index (χ1n) is 8.33. The van der Waals surface area contributed by atoms with Crippen LogP contribution in [0.3, 0.4) is 0 Å². The van der Waals surface area contributed by atoms with Crippen molar-refractivity contribution in [1.82, 2.24) is 10.2 Å². The van der Waals surface area contributed by atoms with Crippen LogP contribution < -0.4 is 10.1 Å². The molecule has 23 heavy (non-hydrogen) atoms. The van der Waals surface area contributed by atoms with E-state index in [9.17, 15) is 4.79 Å². The summed E-state index contributed by atoms with van der Waals surface area (Å²) in [5.74, 6) is 1.95. The molecular formula is C18H27ClN2O2. The summed E-state index contributed by atoms with van der Waals surface area (Å²) in [4.78, 5) is 14.8. The van der Waals surface area contributed by atoms with Gasteiger partial charge in [0.2, 0.25) is 0 Å². The van der Waals surface area contributed by atoms with Crippen molar-refractivity contribution in [2.45, 2.75) is 26.7 Å². The van der Waals surface area contributed by atoms with Gasteiger partial charge in [0.05, 0.1) is 12.7 Å². The molecular weight excluding hydrogens is 312 g/mol. The summed E-state index contributed by atoms with van der Waals surface area (Å²) < 4.78 is 5.22. The third-order valence-corrected chi connectivity index (χ3v) is 4.52. The van der Waals surface area contributed by atoms with Gasteiger partial charge < -0.3 is 15.0 Å². The van der Waals surface area contributed by atoms with Gasteiger partial charge in [0.1, 0.15) is 5.75 Å². The molecule has 0 saturated carbocycles. The van der Waals surface area contributed by atoms with Crippen molar-refractivity contribution in [2.75, 3.05) is 33.3 Å². The first kappa shape index (κ1) is 18.1. The highest BCUT2D eigenvalue weighted by molar-refractivity contribution is 6.31. The predicted molar refractivity (Wildman–Crippen MR) is 94.3 cm³/mol. The first-order valence-corrected chi connectivity index (χ1v) is 8.71. The van der Waals surface area contributed by atoms with Gasteiger partial charge in [-0.1, -0.05) is 25.4 Å². The molecule has 2 atom stereocenters. The molecule has 1 aliphatic heterocycles. The van der Waals surface area contributed by atoms with E-state index in [0.717, 1.165) is 24.8 Å². The number of carbonyl (C=O) groups excluding carboxylic acids is 1. The maximum absolute atomic E-state index is 12.3. The molecule has 0 unspecified atom stereocenters. The molecule has 1 aromatic carbocycles. The molecule has 1 heterocycles. The van der Waals surface area contributed by atoms with Crippen LogP contribution in [0.15, 0.2) is 18.2 Å². The van der Waals surface area contributed by atoms with E-state index in [2.05, 4.69) is 24.1 Å². The van der Waals surface area contributed by atoms with Crippen molar-refractivity contribution in [3.63, 3.8) is 0 Å². The number of benzene rings is 1. The minimum Gasteiger partial charge on any atom is -0.496 e. The van der Waals surface area contributed by atoms with Gasteiger partial charge >= 0.3 is 0 Å². The second-order valence-electron chi connectivity index (χ2n) is 6.66. The van der Waals surface area contributed by atoms with E-state index < -0.39 is 0 Å². The van der Waals surface area contributed by atoms with Crippen molar-refractivity contribution >= 4 is 17.5 Å². The van der Waals surface area contributed by atoms with Crippen LogP contribution in [0.5, 0.6) is 5.75 Å². The minimum atomic E-state index is -0.135. The molecule has 0 bridgehead atoms. The standard InChI is InChI=1S/C18H27ClN2O2/c1-13-9-14(2)12-21(11-13)8-4-7-20-18(22)16-10-15(19)5-6-17(16)23-3/h5-6,10,13-14H,4,7-9,11-12H2,1-3H3,(H,20,22)/t13-,14-/m1/s1. The number of rotatable bonds is 6. The molecule has 5 heteroatoms. The third-order valence-electron chi connectivity index (χ3n) is 4.29. The lowest BCUT2D eigenvalue weighted by Crippen LogP contribution is -2.40. The van der Waals surface area contributed by atoms with E-state index in [1.165, 1.54) is 19.5 Å². The number of hydrogen-bond donors (Lipinski definition) is 1. The van der Waals surface area contributed by atoms with Crippen LogP contribution in [0.2, 0.25) is 5.02 Å². The van der Waals surface area contributed by atoms with E-state index >= 15 is 0 Å². The van der Waals surface area contributed by atoms with Gasteiger partial charge in [-0.25, -0.2) is 0 Å². The Bertz CT molecular complexity index is 526. The second kappa shape index (κ2) is 8.55. The van der Waals surface area contributed by atoms with Crippen molar-refractivity contribution in [3.05, 3.63) is 28.8 Å². The van der Waals surface area contributed by atoms with E-state index in [0.29, 0.717) is 22.9 Å². The number of methoxy groups -OCH3 is 1. The molecule has 0 spiro atoms. The summed E-state index contributed by atoms with van der Waals surface area (Å²) in [5.41, 5.74) is 0.486. The molecule has 0 aromatic heterocycles. The zero-order valence-corrected chi connectivity index (χ0v) is 15.0. The Hall–Kier alpha value is -1.26. The van der Waals surface area contributed by atoms with Crippen molar-refractivity contribution in [2.24, 2.45) is 11.8 Å². The fourth-order valence-corrected chi connectivity index (χ4v) is 3.60. The molecule has 4 nitrogen and oxygen atoms in total. The maximum atomic E-state index is 12.3. The van der Waals surface area contributed by atoms with Gasteiger partial charge in [-0.2, -0.15) is 0 Å². The lowest BCUT2D eigenvalue weighted by molar-refractivity contribution is 0.0944. The Kier molecular flexibility index (Phi) is 6.72. The summed E-state index contributed by atoms with van der Waals surface area (Å²) in [6.45, 7) is 8.65. The van der Waals surface area contributed by atoms with Gasteiger partial charge in [-0.15, -0.1) is 0 Å². The van der Waals surface area contributed by atoms with Crippen molar-refractivity contribution in [1.29, 1.82) is 0 Å². The first-order chi connectivity index (χ1) is 11.0. The SMILES string of the molecule is COc1ccc(Cl)cc1C(=O)NCCCN1C[C@H](C)C[C@@H](C)C1. The molecule has 1 aliphatic rings. The van der Waals surface area contributed by atoms with Gasteiger partial charge in [-0.3, -0.25) is 4.79 Å². The molecule has 0 radical (unpaired) electrons. The maximum Gasteiger partial charge on any atom is 0.255 e. The lowest BCUT2D eigenvalue weighted by atomic mass is 9.92. The van der Waals surface area contributed by atoms with Crippen molar-refractivity contribution < 1.29 is 9.53 Å². The van der Waals surface area contributed by atoms with Crippen LogP contribution in [0, 0.1) is 11.8 Å². The molecule has 1 amide bonds. The lowest BCUT2D eigenvalue weighted by Gasteiger charge is -2.34. The van der Waals surface area contributed by atoms with Crippen LogP contribution in [-0.4, -0.2) is 44.1 Å². The van der Waals surface area contributed by atoms with E-state index in [1.807, 2.05) is 0 Å². The number of nitrogens with zero attached hydrogens (tertiary/aromatic N) is 1. The number of halogens is 1. The number of nitrogens with one attached hydrogen (secondary N) is 1. The molecule has 128 valence electrons. The van der Waals surface area contributed by atoms with E-state index in [4.69, 9.17) is 16.3 Å². The topological polar surface area (TPSA) is 41.6 Å². The average molecular weight is 339 g/mol. The monoisotopic (exact) mass is 338 g/mol.